The molecule has 0 aliphatic carbocycles. The van der Waals surface area contributed by atoms with Crippen molar-refractivity contribution in [3.63, 3.8) is 0 Å². The number of hydrogen-bond acceptors (Lipinski definition) is 6. The maximum atomic E-state index is 12.8. The third-order valence-electron chi connectivity index (χ3n) is 6.20. The molecule has 9 heteroatoms. The number of aromatic nitrogens is 2. The quantitative estimate of drug-likeness (QED) is 0.503. The predicted octanol–water partition coefficient (Wildman–Crippen LogP) is 3.71. The summed E-state index contributed by atoms with van der Waals surface area (Å²) >= 11 is 0. The zero-order chi connectivity index (χ0) is 26.0. The summed E-state index contributed by atoms with van der Waals surface area (Å²) in [6, 6.07) is 12.9. The fraction of sp³-hybridized carbons (Fsp3) is 0.393. The summed E-state index contributed by atoms with van der Waals surface area (Å²) in [5, 5.41) is 16.8. The molecule has 0 saturated heterocycles. The molecule has 0 bridgehead atoms. The summed E-state index contributed by atoms with van der Waals surface area (Å²) in [4.78, 5) is 26.4. The van der Waals surface area contributed by atoms with Crippen LogP contribution >= 0.6 is 0 Å². The summed E-state index contributed by atoms with van der Waals surface area (Å²) in [7, 11) is 0. The van der Waals surface area contributed by atoms with Gasteiger partial charge in [-0.2, -0.15) is 5.10 Å². The Bertz CT molecular complexity index is 1200. The van der Waals surface area contributed by atoms with Gasteiger partial charge in [0.1, 0.15) is 11.5 Å². The van der Waals surface area contributed by atoms with Gasteiger partial charge in [-0.3, -0.25) is 14.4 Å². The van der Waals surface area contributed by atoms with Crippen LogP contribution in [0.5, 0.6) is 11.5 Å². The van der Waals surface area contributed by atoms with E-state index in [4.69, 9.17) is 9.47 Å². The van der Waals surface area contributed by atoms with E-state index >= 15 is 0 Å². The minimum Gasteiger partial charge on any atom is -0.494 e. The van der Waals surface area contributed by atoms with Gasteiger partial charge in [0.2, 0.25) is 5.91 Å². The van der Waals surface area contributed by atoms with Crippen LogP contribution in [0.15, 0.2) is 54.9 Å². The van der Waals surface area contributed by atoms with Crippen molar-refractivity contribution in [1.29, 1.82) is 0 Å². The molecular weight excluding hydrogens is 472 g/mol. The Labute approximate surface area is 217 Å². The smallest absolute Gasteiger partial charge is 0.335 e. The van der Waals surface area contributed by atoms with E-state index in [0.717, 1.165) is 41.7 Å². The number of carboxylic acids is 1. The van der Waals surface area contributed by atoms with Crippen molar-refractivity contribution in [3.8, 4) is 11.5 Å². The molecule has 4 rings (SSSR count). The minimum atomic E-state index is -0.996. The van der Waals surface area contributed by atoms with Gasteiger partial charge in [-0.25, -0.2) is 4.79 Å². The van der Waals surface area contributed by atoms with E-state index < -0.39 is 5.97 Å². The Kier molecular flexibility index (Phi) is 9.15. The second-order valence-corrected chi connectivity index (χ2v) is 9.11. The molecule has 0 unspecified atom stereocenters. The predicted molar refractivity (Wildman–Crippen MR) is 139 cm³/mol. The lowest BCUT2D eigenvalue weighted by atomic mass is 10.1. The number of rotatable bonds is 7. The molecular formula is C28H34N4O5. The van der Waals surface area contributed by atoms with E-state index in [2.05, 4.69) is 16.5 Å². The second-order valence-electron chi connectivity index (χ2n) is 9.11. The Morgan fingerprint density at radius 3 is 2.81 bits per heavy atom. The minimum absolute atomic E-state index is 0.0356. The van der Waals surface area contributed by atoms with Crippen LogP contribution in [0.2, 0.25) is 0 Å². The van der Waals surface area contributed by atoms with Crippen LogP contribution in [0.25, 0.3) is 0 Å². The first-order valence-corrected chi connectivity index (χ1v) is 12.7. The molecule has 0 fully saturated rings. The number of carbonyl (C=O) groups is 2. The van der Waals surface area contributed by atoms with Crippen LogP contribution < -0.4 is 14.8 Å². The van der Waals surface area contributed by atoms with Gasteiger partial charge in [0.05, 0.1) is 31.9 Å². The van der Waals surface area contributed by atoms with Crippen molar-refractivity contribution in [2.45, 2.75) is 45.8 Å². The van der Waals surface area contributed by atoms with Crippen molar-refractivity contribution in [3.05, 3.63) is 77.1 Å². The Hall–Kier alpha value is -3.85. The number of ether oxygens (including phenoxy) is 2. The summed E-state index contributed by atoms with van der Waals surface area (Å²) in [6.45, 7) is 5.38. The fourth-order valence-electron chi connectivity index (χ4n) is 4.41. The summed E-state index contributed by atoms with van der Waals surface area (Å²) in [5.41, 5.74) is 3.07. The standard InChI is InChI=1S/C28H34N4O5/c1-2-36-25-10-7-21(15-24(25)19-32-13-6-12-30-32)17-31-18-23-9-8-22(28(34)35)16-26(23)37-14-5-3-4-11-29-27(33)20-31/h6-10,12-13,15-16H,2-5,11,14,17-20H2,1H3,(H,29,33)(H,34,35). The number of amides is 1. The van der Waals surface area contributed by atoms with Gasteiger partial charge in [0, 0.05) is 43.2 Å². The molecule has 2 N–H and O–H groups in total. The summed E-state index contributed by atoms with van der Waals surface area (Å²) in [5.74, 6) is 0.330. The van der Waals surface area contributed by atoms with Gasteiger partial charge >= 0.3 is 5.97 Å². The Morgan fingerprint density at radius 2 is 2.03 bits per heavy atom. The van der Waals surface area contributed by atoms with Crippen LogP contribution in [0.1, 0.15) is 53.2 Å². The molecule has 0 saturated carbocycles. The zero-order valence-corrected chi connectivity index (χ0v) is 21.2. The number of nitrogens with one attached hydrogen (secondary N) is 1. The first-order valence-electron chi connectivity index (χ1n) is 12.7. The van der Waals surface area contributed by atoms with E-state index in [1.54, 1.807) is 24.4 Å². The van der Waals surface area contributed by atoms with Gasteiger partial charge in [-0.15, -0.1) is 0 Å². The number of hydrogen-bond donors (Lipinski definition) is 2. The lowest BCUT2D eigenvalue weighted by molar-refractivity contribution is -0.122. The Balaban J connectivity index is 1.61. The monoisotopic (exact) mass is 506 g/mol. The van der Waals surface area contributed by atoms with Crippen LogP contribution in [0.4, 0.5) is 0 Å². The average Bonchev–Trinajstić information content (AvgIpc) is 3.38. The highest BCUT2D eigenvalue weighted by atomic mass is 16.5. The Morgan fingerprint density at radius 1 is 1.14 bits per heavy atom. The molecule has 0 spiro atoms. The molecule has 2 aromatic carbocycles. The van der Waals surface area contributed by atoms with Crippen molar-refractivity contribution in [1.82, 2.24) is 20.0 Å². The van der Waals surface area contributed by atoms with E-state index in [1.165, 1.54) is 0 Å². The molecule has 3 aromatic rings. The van der Waals surface area contributed by atoms with Gasteiger partial charge in [-0.1, -0.05) is 12.1 Å². The molecule has 1 amide bonds. The first kappa shape index (κ1) is 26.2. The highest BCUT2D eigenvalue weighted by molar-refractivity contribution is 5.88. The molecule has 0 atom stereocenters. The molecule has 37 heavy (non-hydrogen) atoms. The summed E-state index contributed by atoms with van der Waals surface area (Å²) < 4.78 is 13.7. The summed E-state index contributed by atoms with van der Waals surface area (Å²) in [6.07, 6.45) is 6.28. The van der Waals surface area contributed by atoms with E-state index in [0.29, 0.717) is 45.1 Å². The molecule has 0 radical (unpaired) electrons. The fourth-order valence-corrected chi connectivity index (χ4v) is 4.41. The van der Waals surface area contributed by atoms with E-state index in [-0.39, 0.29) is 18.0 Å². The lowest BCUT2D eigenvalue weighted by Crippen LogP contribution is -2.37. The molecule has 1 aliphatic heterocycles. The van der Waals surface area contributed by atoms with E-state index in [9.17, 15) is 14.7 Å². The highest BCUT2D eigenvalue weighted by Crippen LogP contribution is 2.26. The average molecular weight is 507 g/mol. The molecule has 2 heterocycles. The van der Waals surface area contributed by atoms with Crippen LogP contribution in [0, 0.1) is 0 Å². The topological polar surface area (TPSA) is 106 Å². The molecule has 9 nitrogen and oxygen atoms in total. The van der Waals surface area contributed by atoms with Gasteiger partial charge in [0.15, 0.2) is 0 Å². The zero-order valence-electron chi connectivity index (χ0n) is 21.2. The SMILES string of the molecule is CCOc1ccc(CN2CC(=O)NCCCCCOc3cc(C(=O)O)ccc3C2)cc1Cn1cccn1. The number of nitrogens with zero attached hydrogens (tertiary/aromatic N) is 3. The van der Waals surface area contributed by atoms with Crippen molar-refractivity contribution in [2.24, 2.45) is 0 Å². The number of fused-ring (bicyclic) bond motifs is 1. The first-order chi connectivity index (χ1) is 18.0. The number of aromatic carboxylic acids is 1. The third kappa shape index (κ3) is 7.57. The highest BCUT2D eigenvalue weighted by Gasteiger charge is 2.18. The van der Waals surface area contributed by atoms with Gasteiger partial charge < -0.3 is 19.9 Å². The second kappa shape index (κ2) is 12.9. The lowest BCUT2D eigenvalue weighted by Gasteiger charge is -2.24. The molecule has 1 aliphatic rings. The maximum absolute atomic E-state index is 12.8. The number of benzene rings is 2. The molecule has 196 valence electrons. The maximum Gasteiger partial charge on any atom is 0.335 e. The van der Waals surface area contributed by atoms with Gasteiger partial charge in [-0.05, 0) is 62.1 Å². The van der Waals surface area contributed by atoms with Crippen LogP contribution in [-0.4, -0.2) is 58.0 Å². The number of carbonyl (C=O) groups excluding carboxylic acids is 1. The van der Waals surface area contributed by atoms with Crippen molar-refractivity contribution in [2.75, 3.05) is 26.3 Å². The third-order valence-corrected chi connectivity index (χ3v) is 6.20. The van der Waals surface area contributed by atoms with Crippen LogP contribution in [-0.2, 0) is 24.4 Å². The number of carboxylic acid groups (broad SMARTS) is 1. The van der Waals surface area contributed by atoms with Crippen molar-refractivity contribution >= 4 is 11.9 Å². The van der Waals surface area contributed by atoms with Crippen molar-refractivity contribution < 1.29 is 24.2 Å². The van der Waals surface area contributed by atoms with Crippen LogP contribution in [0.3, 0.4) is 0 Å². The van der Waals surface area contributed by atoms with E-state index in [1.807, 2.05) is 40.9 Å². The normalized spacial score (nSPS) is 15.3. The molecule has 1 aromatic heterocycles. The largest absolute Gasteiger partial charge is 0.494 e. The van der Waals surface area contributed by atoms with Gasteiger partial charge in [0.25, 0.3) is 0 Å².